The quantitative estimate of drug-likeness (QED) is 0.622. The number of benzene rings is 1. The monoisotopic (exact) mass is 308 g/mol. The summed E-state index contributed by atoms with van der Waals surface area (Å²) in [5.41, 5.74) is 0. The average Bonchev–Trinajstić information content (AvgIpc) is 2.51. The standard InChI is InChI=1S/C17H24O5/c1-4-21-17(19)14(6-5-13(2)18)11-12-22-16-9-7-15(20-3)8-10-16/h7-10,14H,4-6,11-12H2,1-3H3. The van der Waals surface area contributed by atoms with Crippen LogP contribution >= 0.6 is 0 Å². The maximum absolute atomic E-state index is 11.9. The predicted octanol–water partition coefficient (Wildman–Crippen LogP) is 3.01. The molecule has 0 N–H and O–H groups in total. The fraction of sp³-hybridized carbons (Fsp3) is 0.529. The third-order valence-corrected chi connectivity index (χ3v) is 3.26. The molecule has 0 aromatic heterocycles. The van der Waals surface area contributed by atoms with Gasteiger partial charge in [-0.05, 0) is 51.0 Å². The molecule has 1 aromatic rings. The van der Waals surface area contributed by atoms with Crippen molar-refractivity contribution >= 4 is 11.8 Å². The molecule has 0 radical (unpaired) electrons. The highest BCUT2D eigenvalue weighted by Crippen LogP contribution is 2.19. The van der Waals surface area contributed by atoms with Crippen molar-refractivity contribution in [3.63, 3.8) is 0 Å². The number of carbonyl (C=O) groups excluding carboxylic acids is 2. The van der Waals surface area contributed by atoms with Gasteiger partial charge in [-0.1, -0.05) is 0 Å². The molecule has 0 aliphatic rings. The van der Waals surface area contributed by atoms with Crippen LogP contribution in [0.1, 0.15) is 33.1 Å². The summed E-state index contributed by atoms with van der Waals surface area (Å²) < 4.78 is 15.7. The maximum Gasteiger partial charge on any atom is 0.309 e. The second-order valence-corrected chi connectivity index (χ2v) is 5.00. The molecule has 5 heteroatoms. The maximum atomic E-state index is 11.9. The SMILES string of the molecule is CCOC(=O)C(CCOc1ccc(OC)cc1)CCC(C)=O. The Hall–Kier alpha value is -2.04. The van der Waals surface area contributed by atoms with Gasteiger partial charge < -0.3 is 19.0 Å². The van der Waals surface area contributed by atoms with Gasteiger partial charge in [0.2, 0.25) is 0 Å². The number of methoxy groups -OCH3 is 1. The molecule has 0 fully saturated rings. The second kappa shape index (κ2) is 9.82. The molecule has 0 saturated heterocycles. The molecule has 0 aliphatic carbocycles. The summed E-state index contributed by atoms with van der Waals surface area (Å²) in [7, 11) is 1.61. The third kappa shape index (κ3) is 6.61. The number of ketones is 1. The first-order valence-electron chi connectivity index (χ1n) is 7.49. The Balaban J connectivity index is 2.46. The van der Waals surface area contributed by atoms with Crippen LogP contribution in [0, 0.1) is 5.92 Å². The van der Waals surface area contributed by atoms with Gasteiger partial charge in [0, 0.05) is 6.42 Å². The molecule has 0 bridgehead atoms. The molecule has 122 valence electrons. The van der Waals surface area contributed by atoms with Gasteiger partial charge in [-0.3, -0.25) is 4.79 Å². The van der Waals surface area contributed by atoms with Crippen molar-refractivity contribution in [1.29, 1.82) is 0 Å². The molecule has 0 saturated carbocycles. The van der Waals surface area contributed by atoms with E-state index in [1.54, 1.807) is 14.0 Å². The molecule has 22 heavy (non-hydrogen) atoms. The summed E-state index contributed by atoms with van der Waals surface area (Å²) >= 11 is 0. The second-order valence-electron chi connectivity index (χ2n) is 5.00. The van der Waals surface area contributed by atoms with Crippen LogP contribution < -0.4 is 9.47 Å². The average molecular weight is 308 g/mol. The van der Waals surface area contributed by atoms with Gasteiger partial charge in [0.25, 0.3) is 0 Å². The highest BCUT2D eigenvalue weighted by molar-refractivity contribution is 5.77. The van der Waals surface area contributed by atoms with Crippen LogP contribution in [0.15, 0.2) is 24.3 Å². The Kier molecular flexibility index (Phi) is 8.04. The molecular formula is C17H24O5. The summed E-state index contributed by atoms with van der Waals surface area (Å²) in [5, 5.41) is 0. The van der Waals surface area contributed by atoms with Crippen molar-refractivity contribution in [1.82, 2.24) is 0 Å². The van der Waals surface area contributed by atoms with E-state index in [1.807, 2.05) is 24.3 Å². The Morgan fingerprint density at radius 2 is 1.73 bits per heavy atom. The van der Waals surface area contributed by atoms with E-state index in [0.29, 0.717) is 32.5 Å². The zero-order valence-corrected chi connectivity index (χ0v) is 13.5. The van der Waals surface area contributed by atoms with Gasteiger partial charge in [0.15, 0.2) is 0 Å². The van der Waals surface area contributed by atoms with Crippen molar-refractivity contribution in [2.45, 2.75) is 33.1 Å². The molecule has 1 aromatic carbocycles. The summed E-state index contributed by atoms with van der Waals surface area (Å²) in [6.07, 6.45) is 1.41. The number of esters is 1. The van der Waals surface area contributed by atoms with Crippen molar-refractivity contribution in [3.05, 3.63) is 24.3 Å². The van der Waals surface area contributed by atoms with E-state index in [1.165, 1.54) is 6.92 Å². The van der Waals surface area contributed by atoms with Crippen LogP contribution in [0.5, 0.6) is 11.5 Å². The van der Waals surface area contributed by atoms with Crippen LogP contribution in [0.3, 0.4) is 0 Å². The topological polar surface area (TPSA) is 61.8 Å². The van der Waals surface area contributed by atoms with Crippen LogP contribution in [0.25, 0.3) is 0 Å². The van der Waals surface area contributed by atoms with Gasteiger partial charge in [-0.15, -0.1) is 0 Å². The first-order chi connectivity index (χ1) is 10.6. The minimum Gasteiger partial charge on any atom is -0.497 e. The lowest BCUT2D eigenvalue weighted by molar-refractivity contribution is -0.148. The number of Topliss-reactive ketones (excluding diaryl/α,β-unsaturated/α-hetero) is 1. The Bertz CT molecular complexity index is 466. The van der Waals surface area contributed by atoms with Crippen LogP contribution in [0.2, 0.25) is 0 Å². The minimum absolute atomic E-state index is 0.0744. The van der Waals surface area contributed by atoms with Crippen LogP contribution in [-0.4, -0.2) is 32.1 Å². The van der Waals surface area contributed by atoms with Crippen molar-refractivity contribution in [3.8, 4) is 11.5 Å². The molecule has 1 unspecified atom stereocenters. The van der Waals surface area contributed by atoms with Gasteiger partial charge >= 0.3 is 5.97 Å². The van der Waals surface area contributed by atoms with E-state index in [4.69, 9.17) is 14.2 Å². The highest BCUT2D eigenvalue weighted by atomic mass is 16.5. The molecule has 5 nitrogen and oxygen atoms in total. The summed E-state index contributed by atoms with van der Waals surface area (Å²) in [4.78, 5) is 23.0. The lowest BCUT2D eigenvalue weighted by Gasteiger charge is -2.15. The number of hydrogen-bond acceptors (Lipinski definition) is 5. The summed E-state index contributed by atoms with van der Waals surface area (Å²) in [6, 6.07) is 7.25. The first-order valence-corrected chi connectivity index (χ1v) is 7.49. The van der Waals surface area contributed by atoms with Crippen LogP contribution in [-0.2, 0) is 14.3 Å². The molecule has 0 heterocycles. The zero-order valence-electron chi connectivity index (χ0n) is 13.5. The van der Waals surface area contributed by atoms with E-state index < -0.39 is 0 Å². The van der Waals surface area contributed by atoms with E-state index >= 15 is 0 Å². The van der Waals surface area contributed by atoms with E-state index in [9.17, 15) is 9.59 Å². The van der Waals surface area contributed by atoms with E-state index in [2.05, 4.69) is 0 Å². The molecular weight excluding hydrogens is 284 g/mol. The number of rotatable bonds is 10. The third-order valence-electron chi connectivity index (χ3n) is 3.26. The number of hydrogen-bond donors (Lipinski definition) is 0. The Morgan fingerprint density at radius 3 is 2.27 bits per heavy atom. The van der Waals surface area contributed by atoms with Gasteiger partial charge in [-0.25, -0.2) is 0 Å². The Labute approximate surface area is 131 Å². The lowest BCUT2D eigenvalue weighted by atomic mass is 9.99. The van der Waals surface area contributed by atoms with Crippen molar-refractivity contribution in [2.24, 2.45) is 5.92 Å². The molecule has 0 amide bonds. The smallest absolute Gasteiger partial charge is 0.309 e. The van der Waals surface area contributed by atoms with Crippen LogP contribution in [0.4, 0.5) is 0 Å². The predicted molar refractivity (Wildman–Crippen MR) is 83.1 cm³/mol. The molecule has 1 atom stereocenters. The highest BCUT2D eigenvalue weighted by Gasteiger charge is 2.20. The molecule has 1 rings (SSSR count). The zero-order chi connectivity index (χ0) is 16.4. The fourth-order valence-corrected chi connectivity index (χ4v) is 2.01. The van der Waals surface area contributed by atoms with E-state index in [0.717, 1.165) is 11.5 Å². The lowest BCUT2D eigenvalue weighted by Crippen LogP contribution is -2.21. The Morgan fingerprint density at radius 1 is 1.09 bits per heavy atom. The minimum atomic E-state index is -0.304. The fourth-order valence-electron chi connectivity index (χ4n) is 2.01. The summed E-state index contributed by atoms with van der Waals surface area (Å²) in [5.74, 6) is 0.989. The largest absolute Gasteiger partial charge is 0.497 e. The van der Waals surface area contributed by atoms with E-state index in [-0.39, 0.29) is 17.7 Å². The molecule has 0 spiro atoms. The van der Waals surface area contributed by atoms with Crippen molar-refractivity contribution in [2.75, 3.05) is 20.3 Å². The normalized spacial score (nSPS) is 11.6. The first kappa shape index (κ1) is 18.0. The molecule has 0 aliphatic heterocycles. The summed E-state index contributed by atoms with van der Waals surface area (Å²) in [6.45, 7) is 4.03. The number of ether oxygens (including phenoxy) is 3. The van der Waals surface area contributed by atoms with Gasteiger partial charge in [-0.2, -0.15) is 0 Å². The van der Waals surface area contributed by atoms with Gasteiger partial charge in [0.1, 0.15) is 17.3 Å². The van der Waals surface area contributed by atoms with Gasteiger partial charge in [0.05, 0.1) is 26.2 Å². The van der Waals surface area contributed by atoms with Crippen molar-refractivity contribution < 1.29 is 23.8 Å². The number of carbonyl (C=O) groups is 2.